The van der Waals surface area contributed by atoms with E-state index in [-0.39, 0.29) is 0 Å². The van der Waals surface area contributed by atoms with Crippen molar-refractivity contribution in [1.82, 2.24) is 0 Å². The van der Waals surface area contributed by atoms with Gasteiger partial charge in [0.05, 0.1) is 0 Å². The van der Waals surface area contributed by atoms with Crippen LogP contribution in [0.3, 0.4) is 0 Å². The highest BCUT2D eigenvalue weighted by Gasteiger charge is 2.25. The van der Waals surface area contributed by atoms with Gasteiger partial charge in [0, 0.05) is 19.0 Å². The summed E-state index contributed by atoms with van der Waals surface area (Å²) in [5.41, 5.74) is 0.545. The van der Waals surface area contributed by atoms with Crippen molar-refractivity contribution < 1.29 is 4.74 Å². The molecule has 0 bridgehead atoms. The number of alkyl halides is 1. The van der Waals surface area contributed by atoms with Crippen LogP contribution in [0.15, 0.2) is 0 Å². The molecule has 2 heteroatoms. The van der Waals surface area contributed by atoms with Gasteiger partial charge in [0.15, 0.2) is 0 Å². The van der Waals surface area contributed by atoms with E-state index < -0.39 is 0 Å². The zero-order chi connectivity index (χ0) is 11.6. The van der Waals surface area contributed by atoms with Gasteiger partial charge in [-0.1, -0.05) is 49.0 Å². The first-order chi connectivity index (χ1) is 7.24. The van der Waals surface area contributed by atoms with E-state index in [0.29, 0.717) is 5.41 Å². The van der Waals surface area contributed by atoms with Gasteiger partial charge in [-0.3, -0.25) is 0 Å². The van der Waals surface area contributed by atoms with E-state index >= 15 is 0 Å². The molecule has 0 saturated heterocycles. The van der Waals surface area contributed by atoms with Crippen molar-refractivity contribution >= 4 is 15.9 Å². The molecule has 92 valence electrons. The van der Waals surface area contributed by atoms with Crippen molar-refractivity contribution in [3.63, 3.8) is 0 Å². The molecule has 0 saturated carbocycles. The van der Waals surface area contributed by atoms with Crippen LogP contribution >= 0.6 is 15.9 Å². The number of methoxy groups -OCH3 is 1. The molecule has 0 aliphatic rings. The summed E-state index contributed by atoms with van der Waals surface area (Å²) < 4.78 is 5.09. The van der Waals surface area contributed by atoms with Gasteiger partial charge in [-0.05, 0) is 31.1 Å². The van der Waals surface area contributed by atoms with E-state index in [1.807, 2.05) is 0 Å². The Kier molecular flexibility index (Phi) is 9.93. The van der Waals surface area contributed by atoms with Crippen LogP contribution in [-0.2, 0) is 4.74 Å². The zero-order valence-corrected chi connectivity index (χ0v) is 12.2. The molecular weight excluding hydrogens is 252 g/mol. The molecule has 0 aliphatic heterocycles. The Balaban J connectivity index is 3.88. The Morgan fingerprint density at radius 3 is 2.20 bits per heavy atom. The van der Waals surface area contributed by atoms with Crippen molar-refractivity contribution in [2.45, 2.75) is 58.8 Å². The van der Waals surface area contributed by atoms with Gasteiger partial charge in [0.1, 0.15) is 0 Å². The zero-order valence-electron chi connectivity index (χ0n) is 10.7. The largest absolute Gasteiger partial charge is 0.385 e. The maximum Gasteiger partial charge on any atom is 0.0462 e. The predicted molar refractivity (Wildman–Crippen MR) is 71.8 cm³/mol. The molecule has 0 radical (unpaired) electrons. The van der Waals surface area contributed by atoms with Crippen LogP contribution in [0, 0.1) is 5.41 Å². The van der Waals surface area contributed by atoms with Crippen LogP contribution in [0.4, 0.5) is 0 Å². The first-order valence-electron chi connectivity index (χ1n) is 6.29. The number of hydrogen-bond acceptors (Lipinski definition) is 1. The standard InChI is InChI=1S/C13H27BrO/c1-4-6-9-13(5-2,12-14)10-7-8-11-15-3/h4-12H2,1-3H3. The summed E-state index contributed by atoms with van der Waals surface area (Å²) in [7, 11) is 1.79. The quantitative estimate of drug-likeness (QED) is 0.413. The van der Waals surface area contributed by atoms with Crippen molar-refractivity contribution in [3.8, 4) is 0 Å². The molecule has 1 unspecified atom stereocenters. The van der Waals surface area contributed by atoms with E-state index in [1.54, 1.807) is 7.11 Å². The number of halogens is 1. The fraction of sp³-hybridized carbons (Fsp3) is 1.00. The van der Waals surface area contributed by atoms with Gasteiger partial charge < -0.3 is 4.74 Å². The average molecular weight is 279 g/mol. The Labute approximate surface area is 104 Å². The second kappa shape index (κ2) is 9.65. The number of unbranched alkanes of at least 4 members (excludes halogenated alkanes) is 2. The van der Waals surface area contributed by atoms with Gasteiger partial charge in [0.2, 0.25) is 0 Å². The molecule has 0 amide bonds. The van der Waals surface area contributed by atoms with Crippen molar-refractivity contribution in [2.75, 3.05) is 19.0 Å². The first kappa shape index (κ1) is 15.4. The molecule has 0 aromatic heterocycles. The van der Waals surface area contributed by atoms with Crippen LogP contribution < -0.4 is 0 Å². The Morgan fingerprint density at radius 1 is 1.07 bits per heavy atom. The molecule has 0 N–H and O–H groups in total. The summed E-state index contributed by atoms with van der Waals surface area (Å²) in [5.74, 6) is 0. The van der Waals surface area contributed by atoms with Crippen molar-refractivity contribution in [2.24, 2.45) is 5.41 Å². The van der Waals surface area contributed by atoms with Crippen LogP contribution in [-0.4, -0.2) is 19.0 Å². The summed E-state index contributed by atoms with van der Waals surface area (Å²) >= 11 is 3.70. The summed E-state index contributed by atoms with van der Waals surface area (Å²) in [5, 5.41) is 1.16. The van der Waals surface area contributed by atoms with Gasteiger partial charge in [0.25, 0.3) is 0 Å². The molecule has 1 atom stereocenters. The Hall–Kier alpha value is 0.440. The highest BCUT2D eigenvalue weighted by molar-refractivity contribution is 9.09. The summed E-state index contributed by atoms with van der Waals surface area (Å²) in [6.07, 6.45) is 9.20. The summed E-state index contributed by atoms with van der Waals surface area (Å²) in [6, 6.07) is 0. The lowest BCUT2D eigenvalue weighted by Gasteiger charge is -2.31. The van der Waals surface area contributed by atoms with Gasteiger partial charge >= 0.3 is 0 Å². The third-order valence-corrected chi connectivity index (χ3v) is 4.59. The van der Waals surface area contributed by atoms with E-state index in [2.05, 4.69) is 29.8 Å². The highest BCUT2D eigenvalue weighted by atomic mass is 79.9. The predicted octanol–water partition coefficient (Wildman–Crippen LogP) is 4.78. The average Bonchev–Trinajstić information content (AvgIpc) is 2.29. The highest BCUT2D eigenvalue weighted by Crippen LogP contribution is 2.36. The third kappa shape index (κ3) is 6.57. The fourth-order valence-corrected chi connectivity index (χ4v) is 2.96. The molecule has 15 heavy (non-hydrogen) atoms. The minimum absolute atomic E-state index is 0.545. The Bertz CT molecular complexity index is 132. The maximum absolute atomic E-state index is 5.09. The SMILES string of the molecule is CCCCC(CC)(CBr)CCCCOC. The van der Waals surface area contributed by atoms with Crippen LogP contribution in [0.25, 0.3) is 0 Å². The molecular formula is C13H27BrO. The molecule has 0 rings (SSSR count). The fourth-order valence-electron chi connectivity index (χ4n) is 2.00. The summed E-state index contributed by atoms with van der Waals surface area (Å²) in [4.78, 5) is 0. The molecule has 0 heterocycles. The van der Waals surface area contributed by atoms with Crippen molar-refractivity contribution in [3.05, 3.63) is 0 Å². The molecule has 0 aromatic carbocycles. The molecule has 0 fully saturated rings. The van der Waals surface area contributed by atoms with E-state index in [1.165, 1.54) is 44.9 Å². The van der Waals surface area contributed by atoms with E-state index in [0.717, 1.165) is 11.9 Å². The minimum atomic E-state index is 0.545. The lowest BCUT2D eigenvalue weighted by Crippen LogP contribution is -2.22. The van der Waals surface area contributed by atoms with Crippen molar-refractivity contribution in [1.29, 1.82) is 0 Å². The van der Waals surface area contributed by atoms with Crippen LogP contribution in [0.2, 0.25) is 0 Å². The summed E-state index contributed by atoms with van der Waals surface area (Å²) in [6.45, 7) is 5.52. The number of ether oxygens (including phenoxy) is 1. The monoisotopic (exact) mass is 278 g/mol. The first-order valence-corrected chi connectivity index (χ1v) is 7.41. The van der Waals surface area contributed by atoms with E-state index in [9.17, 15) is 0 Å². The maximum atomic E-state index is 5.09. The number of hydrogen-bond donors (Lipinski definition) is 0. The minimum Gasteiger partial charge on any atom is -0.385 e. The van der Waals surface area contributed by atoms with Crippen LogP contribution in [0.5, 0.6) is 0 Å². The van der Waals surface area contributed by atoms with Gasteiger partial charge in [-0.2, -0.15) is 0 Å². The van der Waals surface area contributed by atoms with Crippen LogP contribution in [0.1, 0.15) is 58.8 Å². The normalized spacial score (nSPS) is 15.2. The number of rotatable bonds is 10. The third-order valence-electron chi connectivity index (χ3n) is 3.40. The topological polar surface area (TPSA) is 9.23 Å². The Morgan fingerprint density at radius 2 is 1.73 bits per heavy atom. The van der Waals surface area contributed by atoms with Gasteiger partial charge in [-0.25, -0.2) is 0 Å². The molecule has 0 aliphatic carbocycles. The lowest BCUT2D eigenvalue weighted by atomic mass is 9.78. The van der Waals surface area contributed by atoms with Gasteiger partial charge in [-0.15, -0.1) is 0 Å². The smallest absolute Gasteiger partial charge is 0.0462 e. The second-order valence-electron chi connectivity index (χ2n) is 4.54. The lowest BCUT2D eigenvalue weighted by molar-refractivity contribution is 0.180. The van der Waals surface area contributed by atoms with E-state index in [4.69, 9.17) is 4.74 Å². The molecule has 0 spiro atoms. The molecule has 0 aromatic rings. The second-order valence-corrected chi connectivity index (χ2v) is 5.10. The molecule has 1 nitrogen and oxygen atoms in total.